The Morgan fingerprint density at radius 1 is 1.48 bits per heavy atom. The van der Waals surface area contributed by atoms with Gasteiger partial charge in [0.2, 0.25) is 0 Å². The number of benzene rings is 1. The van der Waals surface area contributed by atoms with Gasteiger partial charge in [0.25, 0.3) is 0 Å². The highest BCUT2D eigenvalue weighted by Gasteiger charge is 2.16. The van der Waals surface area contributed by atoms with Crippen LogP contribution in [0.5, 0.6) is 5.75 Å². The van der Waals surface area contributed by atoms with Gasteiger partial charge in [-0.2, -0.15) is 5.10 Å². The van der Waals surface area contributed by atoms with Crippen molar-refractivity contribution in [3.63, 3.8) is 0 Å². The normalized spacial score (nSPS) is 17.9. The minimum absolute atomic E-state index is 0.316. The Labute approximate surface area is 124 Å². The molecule has 0 bridgehead atoms. The second kappa shape index (κ2) is 6.63. The van der Waals surface area contributed by atoms with Gasteiger partial charge in [0.1, 0.15) is 5.75 Å². The van der Waals surface area contributed by atoms with Crippen molar-refractivity contribution >= 4 is 5.69 Å². The van der Waals surface area contributed by atoms with Crippen LogP contribution in [0.15, 0.2) is 36.7 Å². The lowest BCUT2D eigenvalue weighted by Crippen LogP contribution is -2.15. The summed E-state index contributed by atoms with van der Waals surface area (Å²) >= 11 is 0. The Kier molecular flexibility index (Phi) is 4.40. The number of aromatic nitrogens is 2. The van der Waals surface area contributed by atoms with E-state index < -0.39 is 0 Å². The molecular weight excluding hydrogens is 266 g/mol. The molecule has 1 atom stereocenters. The van der Waals surface area contributed by atoms with E-state index in [1.54, 1.807) is 7.11 Å². The van der Waals surface area contributed by atoms with E-state index in [1.807, 2.05) is 35.3 Å². The first-order valence-electron chi connectivity index (χ1n) is 7.34. The van der Waals surface area contributed by atoms with Crippen LogP contribution in [0, 0.1) is 0 Å². The average molecular weight is 287 g/mol. The largest absolute Gasteiger partial charge is 0.497 e. The zero-order chi connectivity index (χ0) is 14.5. The number of hydrogen-bond acceptors (Lipinski definition) is 4. The van der Waals surface area contributed by atoms with Crippen molar-refractivity contribution in [3.05, 3.63) is 42.2 Å². The van der Waals surface area contributed by atoms with Gasteiger partial charge >= 0.3 is 0 Å². The van der Waals surface area contributed by atoms with E-state index in [0.29, 0.717) is 6.10 Å². The Morgan fingerprint density at radius 2 is 2.43 bits per heavy atom. The van der Waals surface area contributed by atoms with E-state index in [2.05, 4.69) is 16.5 Å². The van der Waals surface area contributed by atoms with Crippen molar-refractivity contribution in [2.45, 2.75) is 32.0 Å². The molecule has 0 amide bonds. The summed E-state index contributed by atoms with van der Waals surface area (Å²) in [6, 6.07) is 8.05. The van der Waals surface area contributed by atoms with Gasteiger partial charge in [0.05, 0.1) is 31.6 Å². The zero-order valence-electron chi connectivity index (χ0n) is 12.3. The van der Waals surface area contributed by atoms with Gasteiger partial charge < -0.3 is 14.8 Å². The maximum atomic E-state index is 5.63. The number of rotatable bonds is 6. The smallest absolute Gasteiger partial charge is 0.119 e. The standard InChI is InChI=1S/C16H21N3O2/c1-20-15-5-2-4-13(8-15)9-17-14-10-18-19(11-14)12-16-6-3-7-21-16/h2,4-5,8,10-11,16-17H,3,6-7,9,12H2,1H3. The maximum Gasteiger partial charge on any atom is 0.119 e. The molecule has 0 saturated carbocycles. The molecule has 1 unspecified atom stereocenters. The summed E-state index contributed by atoms with van der Waals surface area (Å²) < 4.78 is 12.8. The van der Waals surface area contributed by atoms with Gasteiger partial charge in [-0.1, -0.05) is 12.1 Å². The van der Waals surface area contributed by atoms with Gasteiger partial charge in [-0.3, -0.25) is 4.68 Å². The second-order valence-corrected chi connectivity index (χ2v) is 5.29. The summed E-state index contributed by atoms with van der Waals surface area (Å²) in [5.74, 6) is 0.878. The lowest BCUT2D eigenvalue weighted by molar-refractivity contribution is 0.0940. The SMILES string of the molecule is COc1cccc(CNc2cnn(CC3CCCO3)c2)c1. The van der Waals surface area contributed by atoms with Gasteiger partial charge in [0.15, 0.2) is 0 Å². The van der Waals surface area contributed by atoms with Crippen LogP contribution in [-0.4, -0.2) is 29.6 Å². The van der Waals surface area contributed by atoms with Crippen LogP contribution in [-0.2, 0) is 17.8 Å². The van der Waals surface area contributed by atoms with Crippen molar-refractivity contribution in [2.24, 2.45) is 0 Å². The molecular formula is C16H21N3O2. The molecule has 1 aliphatic rings. The van der Waals surface area contributed by atoms with Crippen LogP contribution < -0.4 is 10.1 Å². The molecule has 1 aromatic heterocycles. The highest BCUT2D eigenvalue weighted by Crippen LogP contribution is 2.16. The maximum absolute atomic E-state index is 5.63. The van der Waals surface area contributed by atoms with Gasteiger partial charge in [-0.25, -0.2) is 0 Å². The highest BCUT2D eigenvalue weighted by atomic mass is 16.5. The van der Waals surface area contributed by atoms with Crippen molar-refractivity contribution < 1.29 is 9.47 Å². The van der Waals surface area contributed by atoms with E-state index in [0.717, 1.165) is 44.0 Å². The molecule has 5 nitrogen and oxygen atoms in total. The molecule has 2 aromatic rings. The fourth-order valence-electron chi connectivity index (χ4n) is 2.54. The van der Waals surface area contributed by atoms with E-state index in [1.165, 1.54) is 5.56 Å². The minimum Gasteiger partial charge on any atom is -0.497 e. The molecule has 112 valence electrons. The number of nitrogens with zero attached hydrogens (tertiary/aromatic N) is 2. The van der Waals surface area contributed by atoms with Crippen LogP contribution in [0.1, 0.15) is 18.4 Å². The van der Waals surface area contributed by atoms with Crippen molar-refractivity contribution in [2.75, 3.05) is 19.0 Å². The number of anilines is 1. The van der Waals surface area contributed by atoms with Crippen LogP contribution in [0.2, 0.25) is 0 Å². The van der Waals surface area contributed by atoms with E-state index >= 15 is 0 Å². The molecule has 21 heavy (non-hydrogen) atoms. The summed E-state index contributed by atoms with van der Waals surface area (Å²) in [5.41, 5.74) is 2.21. The Balaban J connectivity index is 1.54. The first kappa shape index (κ1) is 13.9. The second-order valence-electron chi connectivity index (χ2n) is 5.29. The molecule has 1 aliphatic heterocycles. The van der Waals surface area contributed by atoms with Crippen molar-refractivity contribution in [1.29, 1.82) is 0 Å². The topological polar surface area (TPSA) is 48.3 Å². The number of nitrogens with one attached hydrogen (secondary N) is 1. The van der Waals surface area contributed by atoms with Gasteiger partial charge in [0, 0.05) is 19.3 Å². The summed E-state index contributed by atoms with van der Waals surface area (Å²) in [7, 11) is 1.68. The average Bonchev–Trinajstić information content (AvgIpc) is 3.18. The Morgan fingerprint density at radius 3 is 3.24 bits per heavy atom. The van der Waals surface area contributed by atoms with Crippen LogP contribution in [0.4, 0.5) is 5.69 Å². The Hall–Kier alpha value is -2.01. The van der Waals surface area contributed by atoms with Crippen LogP contribution in [0.3, 0.4) is 0 Å². The molecule has 3 rings (SSSR count). The van der Waals surface area contributed by atoms with Crippen LogP contribution >= 0.6 is 0 Å². The number of methoxy groups -OCH3 is 1. The third-order valence-corrected chi connectivity index (χ3v) is 3.68. The summed E-state index contributed by atoms with van der Waals surface area (Å²) in [6.07, 6.45) is 6.49. The zero-order valence-corrected chi connectivity index (χ0v) is 12.3. The molecule has 0 spiro atoms. The van der Waals surface area contributed by atoms with Crippen molar-refractivity contribution in [1.82, 2.24) is 9.78 Å². The fourth-order valence-corrected chi connectivity index (χ4v) is 2.54. The third kappa shape index (κ3) is 3.76. The first-order chi connectivity index (χ1) is 10.3. The summed E-state index contributed by atoms with van der Waals surface area (Å²) in [6.45, 7) is 2.47. The molecule has 5 heteroatoms. The Bertz CT molecular complexity index is 576. The summed E-state index contributed by atoms with van der Waals surface area (Å²) in [4.78, 5) is 0. The molecule has 0 radical (unpaired) electrons. The molecule has 1 saturated heterocycles. The van der Waals surface area contributed by atoms with Gasteiger partial charge in [-0.15, -0.1) is 0 Å². The fraction of sp³-hybridized carbons (Fsp3) is 0.438. The minimum atomic E-state index is 0.316. The predicted molar refractivity (Wildman–Crippen MR) is 81.5 cm³/mol. The van der Waals surface area contributed by atoms with E-state index in [4.69, 9.17) is 9.47 Å². The monoisotopic (exact) mass is 287 g/mol. The molecule has 2 heterocycles. The first-order valence-corrected chi connectivity index (χ1v) is 7.34. The summed E-state index contributed by atoms with van der Waals surface area (Å²) in [5, 5.41) is 7.75. The molecule has 0 aliphatic carbocycles. The van der Waals surface area contributed by atoms with Crippen molar-refractivity contribution in [3.8, 4) is 5.75 Å². The van der Waals surface area contributed by atoms with Gasteiger partial charge in [-0.05, 0) is 30.5 Å². The quantitative estimate of drug-likeness (QED) is 0.887. The highest BCUT2D eigenvalue weighted by molar-refractivity contribution is 5.40. The van der Waals surface area contributed by atoms with Crippen LogP contribution in [0.25, 0.3) is 0 Å². The third-order valence-electron chi connectivity index (χ3n) is 3.68. The molecule has 1 N–H and O–H groups in total. The number of ether oxygens (including phenoxy) is 2. The predicted octanol–water partition coefficient (Wildman–Crippen LogP) is 2.68. The molecule has 1 aromatic carbocycles. The van der Waals surface area contributed by atoms with E-state index in [9.17, 15) is 0 Å². The van der Waals surface area contributed by atoms with E-state index in [-0.39, 0.29) is 0 Å². The molecule has 1 fully saturated rings. The number of hydrogen-bond donors (Lipinski definition) is 1. The lowest BCUT2D eigenvalue weighted by Gasteiger charge is -2.08. The lowest BCUT2D eigenvalue weighted by atomic mass is 10.2.